The second kappa shape index (κ2) is 6.68. The molecule has 5 rings (SSSR count). The van der Waals surface area contributed by atoms with Gasteiger partial charge in [0.05, 0.1) is 28.6 Å². The van der Waals surface area contributed by atoms with E-state index in [1.54, 1.807) is 36.5 Å². The Bertz CT molecular complexity index is 1420. The largest absolute Gasteiger partial charge is 0.353 e. The van der Waals surface area contributed by atoms with E-state index < -0.39 is 0 Å². The third-order valence-electron chi connectivity index (χ3n) is 4.80. The number of thiophene rings is 1. The fourth-order valence-corrected chi connectivity index (χ4v) is 3.95. The fourth-order valence-electron chi connectivity index (χ4n) is 3.26. The summed E-state index contributed by atoms with van der Waals surface area (Å²) < 4.78 is 0. The standard InChI is InChI=1S/C21H15N5O2S/c1-26(14-3-2-6-22-9-14)21(28)12-4-5-15-13(7-12)8-16(23-15)19-20(27)25-18-11-29-10-17(18)24-19/h2-11,23H,1H3,(H,25,27). The molecule has 0 aliphatic heterocycles. The molecule has 0 spiro atoms. The van der Waals surface area contributed by atoms with Crippen molar-refractivity contribution in [1.29, 1.82) is 0 Å². The first kappa shape index (κ1) is 17.3. The first-order valence-electron chi connectivity index (χ1n) is 8.87. The number of rotatable bonds is 3. The topological polar surface area (TPSA) is 94.7 Å². The highest BCUT2D eigenvalue weighted by Crippen LogP contribution is 2.24. The van der Waals surface area contributed by atoms with Crippen LogP contribution in [0, 0.1) is 0 Å². The predicted molar refractivity (Wildman–Crippen MR) is 115 cm³/mol. The molecular weight excluding hydrogens is 386 g/mol. The van der Waals surface area contributed by atoms with Gasteiger partial charge in [0.2, 0.25) is 0 Å². The van der Waals surface area contributed by atoms with Gasteiger partial charge in [-0.3, -0.25) is 14.6 Å². The maximum Gasteiger partial charge on any atom is 0.276 e. The van der Waals surface area contributed by atoms with Gasteiger partial charge in [-0.2, -0.15) is 0 Å². The second-order valence-corrected chi connectivity index (χ2v) is 7.39. The minimum absolute atomic E-state index is 0.140. The van der Waals surface area contributed by atoms with Crippen molar-refractivity contribution in [3.05, 3.63) is 75.5 Å². The van der Waals surface area contributed by atoms with Gasteiger partial charge >= 0.3 is 0 Å². The molecule has 1 aromatic carbocycles. The van der Waals surface area contributed by atoms with Crippen molar-refractivity contribution < 1.29 is 4.79 Å². The van der Waals surface area contributed by atoms with E-state index in [0.717, 1.165) is 21.9 Å². The number of amides is 1. The molecule has 1 amide bonds. The molecule has 0 aliphatic rings. The van der Waals surface area contributed by atoms with Gasteiger partial charge in [0.1, 0.15) is 0 Å². The van der Waals surface area contributed by atoms with Gasteiger partial charge < -0.3 is 14.9 Å². The summed E-state index contributed by atoms with van der Waals surface area (Å²) in [5.41, 5.74) is 4.24. The zero-order valence-electron chi connectivity index (χ0n) is 15.3. The number of anilines is 1. The zero-order chi connectivity index (χ0) is 20.0. The highest BCUT2D eigenvalue weighted by Gasteiger charge is 2.16. The van der Waals surface area contributed by atoms with Crippen molar-refractivity contribution in [2.24, 2.45) is 0 Å². The van der Waals surface area contributed by atoms with Crippen molar-refractivity contribution in [2.45, 2.75) is 0 Å². The van der Waals surface area contributed by atoms with Crippen LogP contribution in [0.3, 0.4) is 0 Å². The van der Waals surface area contributed by atoms with Gasteiger partial charge in [-0.1, -0.05) is 0 Å². The quantitative estimate of drug-likeness (QED) is 0.481. The lowest BCUT2D eigenvalue weighted by molar-refractivity contribution is 0.0993. The van der Waals surface area contributed by atoms with Gasteiger partial charge in [-0.25, -0.2) is 4.98 Å². The van der Waals surface area contributed by atoms with E-state index in [2.05, 4.69) is 19.9 Å². The van der Waals surface area contributed by atoms with Crippen LogP contribution in [-0.2, 0) is 0 Å². The van der Waals surface area contributed by atoms with Crippen molar-refractivity contribution in [1.82, 2.24) is 19.9 Å². The minimum Gasteiger partial charge on any atom is -0.353 e. The van der Waals surface area contributed by atoms with E-state index >= 15 is 0 Å². The number of H-pyrrole nitrogens is 2. The van der Waals surface area contributed by atoms with Crippen LogP contribution in [0.5, 0.6) is 0 Å². The van der Waals surface area contributed by atoms with Gasteiger partial charge in [0, 0.05) is 40.5 Å². The van der Waals surface area contributed by atoms with Crippen molar-refractivity contribution in [2.75, 3.05) is 11.9 Å². The van der Waals surface area contributed by atoms with Crippen molar-refractivity contribution in [3.63, 3.8) is 0 Å². The Morgan fingerprint density at radius 3 is 2.83 bits per heavy atom. The SMILES string of the molecule is CN(C(=O)c1ccc2[nH]c(-c3nc4cscc4[nH]c3=O)cc2c1)c1cccnc1. The summed E-state index contributed by atoms with van der Waals surface area (Å²) in [6, 6.07) is 10.9. The van der Waals surface area contributed by atoms with Gasteiger partial charge in [0.15, 0.2) is 5.69 Å². The summed E-state index contributed by atoms with van der Waals surface area (Å²) in [6.07, 6.45) is 3.31. The first-order chi connectivity index (χ1) is 14.1. The molecule has 0 saturated heterocycles. The van der Waals surface area contributed by atoms with Crippen LogP contribution >= 0.6 is 11.3 Å². The highest BCUT2D eigenvalue weighted by molar-refractivity contribution is 7.09. The number of carbonyl (C=O) groups excluding carboxylic acids is 1. The number of aromatic amines is 2. The molecule has 0 radical (unpaired) electrons. The van der Waals surface area contributed by atoms with E-state index in [-0.39, 0.29) is 11.5 Å². The molecule has 4 aromatic heterocycles. The van der Waals surface area contributed by atoms with E-state index in [1.807, 2.05) is 35.0 Å². The lowest BCUT2D eigenvalue weighted by atomic mass is 10.1. The number of hydrogen-bond acceptors (Lipinski definition) is 5. The number of hydrogen-bond donors (Lipinski definition) is 2. The molecule has 0 atom stereocenters. The lowest BCUT2D eigenvalue weighted by Crippen LogP contribution is -2.26. The third kappa shape index (κ3) is 2.99. The Morgan fingerprint density at radius 1 is 1.10 bits per heavy atom. The number of carbonyl (C=O) groups is 1. The summed E-state index contributed by atoms with van der Waals surface area (Å²) in [6.45, 7) is 0. The first-order valence-corrected chi connectivity index (χ1v) is 9.82. The molecule has 0 unspecified atom stereocenters. The van der Waals surface area contributed by atoms with Gasteiger partial charge in [0.25, 0.3) is 11.5 Å². The Kier molecular flexibility index (Phi) is 3.99. The smallest absolute Gasteiger partial charge is 0.276 e. The molecule has 0 saturated carbocycles. The molecule has 4 heterocycles. The minimum atomic E-state index is -0.255. The normalized spacial score (nSPS) is 11.2. The highest BCUT2D eigenvalue weighted by atomic mass is 32.1. The summed E-state index contributed by atoms with van der Waals surface area (Å²) in [4.78, 5) is 41.5. The third-order valence-corrected chi connectivity index (χ3v) is 5.53. The van der Waals surface area contributed by atoms with E-state index in [4.69, 9.17) is 0 Å². The van der Waals surface area contributed by atoms with Crippen LogP contribution in [0.4, 0.5) is 5.69 Å². The molecular formula is C21H15N5O2S. The summed E-state index contributed by atoms with van der Waals surface area (Å²) in [5.74, 6) is -0.140. The maximum atomic E-state index is 12.9. The predicted octanol–water partition coefficient (Wildman–Crippen LogP) is 3.80. The molecule has 142 valence electrons. The Hall–Kier alpha value is -3.78. The van der Waals surface area contributed by atoms with Crippen LogP contribution in [0.1, 0.15) is 10.4 Å². The zero-order valence-corrected chi connectivity index (χ0v) is 16.2. The molecule has 7 nitrogen and oxygen atoms in total. The van der Waals surface area contributed by atoms with E-state index in [1.165, 1.54) is 11.3 Å². The number of aromatic nitrogens is 4. The molecule has 5 aromatic rings. The molecule has 0 aliphatic carbocycles. The maximum absolute atomic E-state index is 12.9. The van der Waals surface area contributed by atoms with E-state index in [9.17, 15) is 9.59 Å². The van der Waals surface area contributed by atoms with Crippen LogP contribution in [0.15, 0.2) is 64.3 Å². The Morgan fingerprint density at radius 2 is 2.00 bits per heavy atom. The second-order valence-electron chi connectivity index (χ2n) is 6.65. The lowest BCUT2D eigenvalue weighted by Gasteiger charge is -2.16. The van der Waals surface area contributed by atoms with Crippen molar-refractivity contribution in [3.8, 4) is 11.4 Å². The summed E-state index contributed by atoms with van der Waals surface area (Å²) in [7, 11) is 1.71. The molecule has 8 heteroatoms. The summed E-state index contributed by atoms with van der Waals surface area (Å²) >= 11 is 1.49. The van der Waals surface area contributed by atoms with Crippen LogP contribution in [0.2, 0.25) is 0 Å². The molecule has 29 heavy (non-hydrogen) atoms. The Balaban J connectivity index is 1.54. The number of benzene rings is 1. The molecule has 2 N–H and O–H groups in total. The van der Waals surface area contributed by atoms with Gasteiger partial charge in [-0.15, -0.1) is 11.3 Å². The number of fused-ring (bicyclic) bond motifs is 2. The Labute approximate surface area is 168 Å². The number of pyridine rings is 1. The van der Waals surface area contributed by atoms with E-state index in [0.29, 0.717) is 22.6 Å². The van der Waals surface area contributed by atoms with Crippen LogP contribution in [0.25, 0.3) is 33.3 Å². The molecule has 0 bridgehead atoms. The average molecular weight is 401 g/mol. The van der Waals surface area contributed by atoms with Crippen LogP contribution < -0.4 is 10.5 Å². The average Bonchev–Trinajstić information content (AvgIpc) is 3.38. The monoisotopic (exact) mass is 401 g/mol. The van der Waals surface area contributed by atoms with Gasteiger partial charge in [-0.05, 0) is 36.4 Å². The fraction of sp³-hybridized carbons (Fsp3) is 0.0476. The molecule has 0 fully saturated rings. The van der Waals surface area contributed by atoms with Crippen LogP contribution in [-0.4, -0.2) is 32.9 Å². The number of nitrogens with one attached hydrogen (secondary N) is 2. The number of nitrogens with zero attached hydrogens (tertiary/aromatic N) is 3. The summed E-state index contributed by atoms with van der Waals surface area (Å²) in [5, 5.41) is 4.58. The van der Waals surface area contributed by atoms with Crippen molar-refractivity contribution >= 4 is 44.9 Å².